The molecule has 0 unspecified atom stereocenters. The number of nitro groups is 1. The van der Waals surface area contributed by atoms with Crippen LogP contribution in [0.15, 0.2) is 41.8 Å². The molecule has 82 valence electrons. The summed E-state index contributed by atoms with van der Waals surface area (Å²) in [5.41, 5.74) is 1.68. The smallest absolute Gasteiger partial charge is 0.347 e. The van der Waals surface area contributed by atoms with Crippen molar-refractivity contribution < 1.29 is 4.92 Å². The Balaban J connectivity index is 2.05. The molecule has 0 saturated heterocycles. The van der Waals surface area contributed by atoms with Crippen LogP contribution in [0.5, 0.6) is 0 Å². The maximum Gasteiger partial charge on any atom is 0.347 e. The first kappa shape index (κ1) is 10.6. The highest BCUT2D eigenvalue weighted by molar-refractivity contribution is 7.14. The molecule has 2 rings (SSSR count). The van der Waals surface area contributed by atoms with Gasteiger partial charge in [0.25, 0.3) is 0 Å². The van der Waals surface area contributed by atoms with E-state index in [1.807, 2.05) is 30.3 Å². The lowest BCUT2D eigenvalue weighted by Gasteiger charge is -2.03. The van der Waals surface area contributed by atoms with Gasteiger partial charge in [-0.2, -0.15) is 0 Å². The van der Waals surface area contributed by atoms with Gasteiger partial charge in [0.15, 0.2) is 0 Å². The van der Waals surface area contributed by atoms with Crippen LogP contribution in [0, 0.1) is 10.1 Å². The summed E-state index contributed by atoms with van der Waals surface area (Å²) in [6.45, 7) is 0.596. The standard InChI is InChI=1S/C11H10N2O2S/c14-13(15)11-10(6-7-16-11)12-8-9-4-2-1-3-5-9/h1-7,12H,8H2. The Kier molecular flexibility index (Phi) is 3.16. The number of rotatable bonds is 4. The molecule has 1 aromatic heterocycles. The molecule has 0 amide bonds. The molecule has 1 aromatic carbocycles. The zero-order valence-corrected chi connectivity index (χ0v) is 9.24. The van der Waals surface area contributed by atoms with Crippen LogP contribution in [-0.2, 0) is 6.54 Å². The Bertz CT molecular complexity index is 482. The zero-order chi connectivity index (χ0) is 11.4. The summed E-state index contributed by atoms with van der Waals surface area (Å²) in [4.78, 5) is 10.3. The molecule has 0 aliphatic carbocycles. The van der Waals surface area contributed by atoms with Gasteiger partial charge >= 0.3 is 5.00 Å². The van der Waals surface area contributed by atoms with Crippen LogP contribution in [0.25, 0.3) is 0 Å². The van der Waals surface area contributed by atoms with Crippen molar-refractivity contribution in [1.82, 2.24) is 0 Å². The van der Waals surface area contributed by atoms with Crippen molar-refractivity contribution in [3.8, 4) is 0 Å². The number of hydrogen-bond donors (Lipinski definition) is 1. The van der Waals surface area contributed by atoms with Gasteiger partial charge in [0, 0.05) is 6.54 Å². The number of benzene rings is 1. The Morgan fingerprint density at radius 1 is 1.25 bits per heavy atom. The van der Waals surface area contributed by atoms with Gasteiger partial charge in [0.05, 0.1) is 4.92 Å². The first-order valence-corrected chi connectivity index (χ1v) is 5.65. The Hall–Kier alpha value is -1.88. The second-order valence-electron chi connectivity index (χ2n) is 3.24. The van der Waals surface area contributed by atoms with Crippen LogP contribution in [0.1, 0.15) is 5.56 Å². The lowest BCUT2D eigenvalue weighted by atomic mass is 10.2. The number of hydrogen-bond acceptors (Lipinski definition) is 4. The van der Waals surface area contributed by atoms with Gasteiger partial charge in [-0.3, -0.25) is 10.1 Å². The molecule has 1 heterocycles. The summed E-state index contributed by atoms with van der Waals surface area (Å²) in [5.74, 6) is 0. The van der Waals surface area contributed by atoms with Gasteiger partial charge in [0.1, 0.15) is 5.69 Å². The van der Waals surface area contributed by atoms with E-state index in [1.54, 1.807) is 11.4 Å². The van der Waals surface area contributed by atoms with E-state index in [1.165, 1.54) is 0 Å². The van der Waals surface area contributed by atoms with Gasteiger partial charge in [-0.05, 0) is 17.0 Å². The van der Waals surface area contributed by atoms with E-state index in [0.717, 1.165) is 16.9 Å². The van der Waals surface area contributed by atoms with Crippen molar-refractivity contribution in [1.29, 1.82) is 0 Å². The Morgan fingerprint density at radius 3 is 2.69 bits per heavy atom. The lowest BCUT2D eigenvalue weighted by molar-refractivity contribution is -0.379. The third-order valence-electron chi connectivity index (χ3n) is 2.14. The third-order valence-corrected chi connectivity index (χ3v) is 3.00. The Morgan fingerprint density at radius 2 is 2.00 bits per heavy atom. The zero-order valence-electron chi connectivity index (χ0n) is 8.42. The number of thiophene rings is 1. The lowest BCUT2D eigenvalue weighted by Crippen LogP contribution is -2.00. The predicted molar refractivity (Wildman–Crippen MR) is 64.7 cm³/mol. The SMILES string of the molecule is O=[N+]([O-])c1sccc1NCc1ccccc1. The third kappa shape index (κ3) is 2.38. The first-order valence-electron chi connectivity index (χ1n) is 4.77. The summed E-state index contributed by atoms with van der Waals surface area (Å²) in [7, 11) is 0. The maximum absolute atomic E-state index is 10.7. The van der Waals surface area contributed by atoms with Gasteiger partial charge < -0.3 is 5.32 Å². The average Bonchev–Trinajstić information content (AvgIpc) is 2.76. The van der Waals surface area contributed by atoms with Gasteiger partial charge in [-0.1, -0.05) is 41.7 Å². The topological polar surface area (TPSA) is 55.2 Å². The molecule has 0 saturated carbocycles. The summed E-state index contributed by atoms with van der Waals surface area (Å²) >= 11 is 1.13. The summed E-state index contributed by atoms with van der Waals surface area (Å²) in [6, 6.07) is 11.5. The normalized spacial score (nSPS) is 10.0. The highest BCUT2D eigenvalue weighted by atomic mass is 32.1. The summed E-state index contributed by atoms with van der Waals surface area (Å²) in [5, 5.41) is 15.6. The molecule has 0 aliphatic heterocycles. The number of anilines is 1. The van der Waals surface area contributed by atoms with Crippen molar-refractivity contribution in [2.45, 2.75) is 6.54 Å². The second kappa shape index (κ2) is 4.76. The van der Waals surface area contributed by atoms with E-state index in [-0.39, 0.29) is 9.92 Å². The van der Waals surface area contributed by atoms with Crippen molar-refractivity contribution in [3.05, 3.63) is 57.5 Å². The van der Waals surface area contributed by atoms with Crippen molar-refractivity contribution in [3.63, 3.8) is 0 Å². The molecule has 2 aromatic rings. The van der Waals surface area contributed by atoms with Crippen LogP contribution in [0.2, 0.25) is 0 Å². The quantitative estimate of drug-likeness (QED) is 0.652. The first-order chi connectivity index (χ1) is 7.77. The average molecular weight is 234 g/mol. The molecule has 0 fully saturated rings. The van der Waals surface area contributed by atoms with Crippen LogP contribution in [-0.4, -0.2) is 4.92 Å². The van der Waals surface area contributed by atoms with E-state index in [0.29, 0.717) is 12.2 Å². The van der Waals surface area contributed by atoms with Crippen LogP contribution in [0.3, 0.4) is 0 Å². The van der Waals surface area contributed by atoms with Crippen molar-refractivity contribution >= 4 is 22.0 Å². The van der Waals surface area contributed by atoms with Crippen LogP contribution >= 0.6 is 11.3 Å². The van der Waals surface area contributed by atoms with Gasteiger partial charge in [-0.25, -0.2) is 0 Å². The van der Waals surface area contributed by atoms with Crippen molar-refractivity contribution in [2.75, 3.05) is 5.32 Å². The Labute approximate surface area is 96.7 Å². The monoisotopic (exact) mass is 234 g/mol. The molecular weight excluding hydrogens is 224 g/mol. The molecule has 0 radical (unpaired) electrons. The second-order valence-corrected chi connectivity index (χ2v) is 4.13. The minimum atomic E-state index is -0.363. The highest BCUT2D eigenvalue weighted by Gasteiger charge is 2.14. The van der Waals surface area contributed by atoms with Crippen molar-refractivity contribution in [2.24, 2.45) is 0 Å². The molecule has 5 heteroatoms. The molecule has 4 nitrogen and oxygen atoms in total. The van der Waals surface area contributed by atoms with Crippen LogP contribution in [0.4, 0.5) is 10.7 Å². The maximum atomic E-state index is 10.7. The molecule has 0 atom stereocenters. The van der Waals surface area contributed by atoms with E-state index < -0.39 is 0 Å². The molecule has 1 N–H and O–H groups in total. The predicted octanol–water partition coefficient (Wildman–Crippen LogP) is 3.27. The summed E-state index contributed by atoms with van der Waals surface area (Å²) < 4.78 is 0. The number of nitrogens with one attached hydrogen (secondary N) is 1. The molecular formula is C11H10N2O2S. The molecule has 0 aliphatic rings. The van der Waals surface area contributed by atoms with E-state index >= 15 is 0 Å². The fourth-order valence-electron chi connectivity index (χ4n) is 1.37. The van der Waals surface area contributed by atoms with Gasteiger partial charge in [-0.15, -0.1) is 0 Å². The van der Waals surface area contributed by atoms with E-state index in [9.17, 15) is 10.1 Å². The van der Waals surface area contributed by atoms with Gasteiger partial charge in [0.2, 0.25) is 0 Å². The number of nitrogens with zero attached hydrogens (tertiary/aromatic N) is 1. The minimum Gasteiger partial charge on any atom is -0.375 e. The fourth-order valence-corrected chi connectivity index (χ4v) is 2.06. The van der Waals surface area contributed by atoms with E-state index in [2.05, 4.69) is 5.32 Å². The highest BCUT2D eigenvalue weighted by Crippen LogP contribution is 2.30. The van der Waals surface area contributed by atoms with Crippen LogP contribution < -0.4 is 5.32 Å². The molecule has 0 bridgehead atoms. The molecule has 16 heavy (non-hydrogen) atoms. The largest absolute Gasteiger partial charge is 0.375 e. The van der Waals surface area contributed by atoms with E-state index in [4.69, 9.17) is 0 Å². The summed E-state index contributed by atoms with van der Waals surface area (Å²) in [6.07, 6.45) is 0. The minimum absolute atomic E-state index is 0.163. The fraction of sp³-hybridized carbons (Fsp3) is 0.0909. The molecule has 0 spiro atoms.